The van der Waals surface area contributed by atoms with Crippen LogP contribution in [0, 0.1) is 5.92 Å². The van der Waals surface area contributed by atoms with Crippen molar-refractivity contribution >= 4 is 23.7 Å². The van der Waals surface area contributed by atoms with E-state index in [4.69, 9.17) is 0 Å². The van der Waals surface area contributed by atoms with Crippen LogP contribution in [0.15, 0.2) is 5.16 Å². The molecule has 132 valence electrons. The second-order valence-corrected chi connectivity index (χ2v) is 7.43. The number of hydrogen-bond donors (Lipinski definition) is 2. The van der Waals surface area contributed by atoms with Gasteiger partial charge in [-0.25, -0.2) is 0 Å². The number of thioether (sulfide) groups is 1. The van der Waals surface area contributed by atoms with Gasteiger partial charge in [-0.1, -0.05) is 25.6 Å². The fourth-order valence-corrected chi connectivity index (χ4v) is 2.99. The van der Waals surface area contributed by atoms with Crippen LogP contribution < -0.4 is 10.6 Å². The highest BCUT2D eigenvalue weighted by Crippen LogP contribution is 2.16. The van der Waals surface area contributed by atoms with Crippen molar-refractivity contribution in [1.29, 1.82) is 0 Å². The molecule has 0 atom stereocenters. The average Bonchev–Trinajstić information content (AvgIpc) is 2.50. The van der Waals surface area contributed by atoms with E-state index >= 15 is 0 Å². The lowest BCUT2D eigenvalue weighted by Gasteiger charge is -2.38. The molecule has 0 aliphatic heterocycles. The molecule has 0 spiro atoms. The zero-order valence-electron chi connectivity index (χ0n) is 15.7. The molecule has 0 fully saturated rings. The van der Waals surface area contributed by atoms with Gasteiger partial charge in [0.1, 0.15) is 0 Å². The summed E-state index contributed by atoms with van der Waals surface area (Å²) < 4.78 is 1.02. The molecule has 1 rings (SSSR count). The molecule has 1 heterocycles. The Hall–Kier alpha value is -1.08. The van der Waals surface area contributed by atoms with E-state index in [1.54, 1.807) is 0 Å². The lowest BCUT2D eigenvalue weighted by molar-refractivity contribution is -0.924. The van der Waals surface area contributed by atoms with Crippen molar-refractivity contribution in [1.82, 2.24) is 15.0 Å². The van der Waals surface area contributed by atoms with Crippen molar-refractivity contribution in [2.24, 2.45) is 5.92 Å². The van der Waals surface area contributed by atoms with Crippen LogP contribution in [0.1, 0.15) is 41.5 Å². The molecule has 0 bridgehead atoms. The summed E-state index contributed by atoms with van der Waals surface area (Å²) in [6, 6.07) is 0.294. The van der Waals surface area contributed by atoms with E-state index in [1.165, 1.54) is 11.8 Å². The number of rotatable bonds is 10. The van der Waals surface area contributed by atoms with Crippen molar-refractivity contribution in [3.63, 3.8) is 0 Å². The van der Waals surface area contributed by atoms with E-state index in [0.29, 0.717) is 23.9 Å². The molecule has 0 aliphatic rings. The first-order valence-corrected chi connectivity index (χ1v) is 9.72. The van der Waals surface area contributed by atoms with Gasteiger partial charge >= 0.3 is 0 Å². The lowest BCUT2D eigenvalue weighted by atomic mass is 10.2. The van der Waals surface area contributed by atoms with Gasteiger partial charge in [-0.3, -0.25) is 0 Å². The molecule has 7 heteroatoms. The fraction of sp³-hybridized carbons (Fsp3) is 0.812. The van der Waals surface area contributed by atoms with Gasteiger partial charge in [-0.05, 0) is 34.0 Å². The Morgan fingerprint density at radius 3 is 2.09 bits per heavy atom. The van der Waals surface area contributed by atoms with E-state index in [9.17, 15) is 0 Å². The van der Waals surface area contributed by atoms with Crippen LogP contribution in [0.25, 0.3) is 0 Å². The van der Waals surface area contributed by atoms with Gasteiger partial charge in [-0.2, -0.15) is 15.0 Å². The zero-order valence-corrected chi connectivity index (χ0v) is 16.5. The SMILES string of the molecule is CC[N+](CC)(CNc1nc(NC(C)C)nc(SC)n1)CC(C)C. The molecule has 0 unspecified atom stereocenters. The quantitative estimate of drug-likeness (QED) is 0.387. The van der Waals surface area contributed by atoms with Gasteiger partial charge in [0.15, 0.2) is 11.8 Å². The molecule has 0 aliphatic carbocycles. The van der Waals surface area contributed by atoms with E-state index in [-0.39, 0.29) is 0 Å². The molecule has 0 saturated heterocycles. The average molecular weight is 342 g/mol. The van der Waals surface area contributed by atoms with E-state index in [2.05, 4.69) is 67.1 Å². The molecule has 2 N–H and O–H groups in total. The number of nitrogens with one attached hydrogen (secondary N) is 2. The smallest absolute Gasteiger partial charge is 0.232 e. The predicted octanol–water partition coefficient (Wildman–Crippen LogP) is 3.30. The second kappa shape index (κ2) is 9.27. The third kappa shape index (κ3) is 6.51. The highest BCUT2D eigenvalue weighted by Gasteiger charge is 2.24. The van der Waals surface area contributed by atoms with Crippen LogP contribution in [0.4, 0.5) is 11.9 Å². The van der Waals surface area contributed by atoms with Gasteiger partial charge in [-0.15, -0.1) is 0 Å². The lowest BCUT2D eigenvalue weighted by Crippen LogP contribution is -2.53. The summed E-state index contributed by atoms with van der Waals surface area (Å²) >= 11 is 1.53. The molecule has 1 aromatic rings. The van der Waals surface area contributed by atoms with Gasteiger partial charge < -0.3 is 15.1 Å². The summed E-state index contributed by atoms with van der Waals surface area (Å²) in [6.45, 7) is 17.4. The minimum absolute atomic E-state index is 0.294. The molecular formula is C16H33N6S+. The van der Waals surface area contributed by atoms with E-state index in [1.807, 2.05) is 6.26 Å². The number of hydrogen-bond acceptors (Lipinski definition) is 6. The predicted molar refractivity (Wildman–Crippen MR) is 99.9 cm³/mol. The molecule has 0 aromatic carbocycles. The van der Waals surface area contributed by atoms with Crippen molar-refractivity contribution in [3.8, 4) is 0 Å². The Labute approximate surface area is 145 Å². The molecule has 0 radical (unpaired) electrons. The minimum Gasteiger partial charge on any atom is -0.352 e. The number of nitrogens with zero attached hydrogens (tertiary/aromatic N) is 4. The Balaban J connectivity index is 2.89. The Morgan fingerprint density at radius 2 is 1.61 bits per heavy atom. The monoisotopic (exact) mass is 341 g/mol. The molecule has 6 nitrogen and oxygen atoms in total. The normalized spacial score (nSPS) is 12.0. The fourth-order valence-electron chi connectivity index (χ4n) is 2.63. The standard InChI is InChI=1S/C16H33N6S/c1-8-22(9-2,10-12(3)4)11-17-14-19-15(18-13(5)6)21-16(20-14)23-7/h12-13H,8-11H2,1-7H3,(H2,17,18,19,20,21)/q+1. The molecule has 23 heavy (non-hydrogen) atoms. The van der Waals surface area contributed by atoms with Gasteiger partial charge in [0.25, 0.3) is 0 Å². The van der Waals surface area contributed by atoms with Crippen molar-refractivity contribution in [2.45, 2.75) is 52.7 Å². The number of quaternary nitrogens is 1. The summed E-state index contributed by atoms with van der Waals surface area (Å²) in [6.07, 6.45) is 1.98. The van der Waals surface area contributed by atoms with Crippen LogP contribution in [0.2, 0.25) is 0 Å². The third-order valence-electron chi connectivity index (χ3n) is 3.88. The highest BCUT2D eigenvalue weighted by molar-refractivity contribution is 7.98. The van der Waals surface area contributed by atoms with Gasteiger partial charge in [0.05, 0.1) is 19.6 Å². The van der Waals surface area contributed by atoms with Crippen LogP contribution in [-0.4, -0.2) is 58.0 Å². The van der Waals surface area contributed by atoms with Crippen LogP contribution in [0.3, 0.4) is 0 Å². The summed E-state index contributed by atoms with van der Waals surface area (Å²) in [7, 11) is 0. The second-order valence-electron chi connectivity index (χ2n) is 6.65. The van der Waals surface area contributed by atoms with Crippen molar-refractivity contribution < 1.29 is 4.48 Å². The molecule has 1 aromatic heterocycles. The van der Waals surface area contributed by atoms with Gasteiger partial charge in [0.2, 0.25) is 11.9 Å². The maximum Gasteiger partial charge on any atom is 0.232 e. The maximum absolute atomic E-state index is 4.50. The highest BCUT2D eigenvalue weighted by atomic mass is 32.2. The first-order valence-electron chi connectivity index (χ1n) is 8.49. The molecule has 0 amide bonds. The third-order valence-corrected chi connectivity index (χ3v) is 4.43. The van der Waals surface area contributed by atoms with Crippen LogP contribution in [-0.2, 0) is 0 Å². The Bertz CT molecular complexity index is 474. The summed E-state index contributed by atoms with van der Waals surface area (Å²) in [5.74, 6) is 1.95. The molecule has 0 saturated carbocycles. The van der Waals surface area contributed by atoms with E-state index < -0.39 is 0 Å². The number of anilines is 2. The largest absolute Gasteiger partial charge is 0.352 e. The topological polar surface area (TPSA) is 62.7 Å². The Morgan fingerprint density at radius 1 is 1.00 bits per heavy atom. The first-order chi connectivity index (χ1) is 10.8. The zero-order chi connectivity index (χ0) is 17.5. The maximum atomic E-state index is 4.50. The summed E-state index contributed by atoms with van der Waals surface area (Å²) in [5, 5.41) is 7.43. The van der Waals surface area contributed by atoms with Crippen LogP contribution >= 0.6 is 11.8 Å². The Kier molecular flexibility index (Phi) is 8.05. The number of aromatic nitrogens is 3. The minimum atomic E-state index is 0.294. The van der Waals surface area contributed by atoms with Gasteiger partial charge in [0, 0.05) is 12.0 Å². The van der Waals surface area contributed by atoms with Crippen molar-refractivity contribution in [3.05, 3.63) is 0 Å². The summed E-state index contributed by atoms with van der Waals surface area (Å²) in [4.78, 5) is 13.4. The summed E-state index contributed by atoms with van der Waals surface area (Å²) in [5.41, 5.74) is 0. The van der Waals surface area contributed by atoms with Crippen molar-refractivity contribution in [2.75, 3.05) is 43.2 Å². The van der Waals surface area contributed by atoms with Crippen LogP contribution in [0.5, 0.6) is 0 Å². The first kappa shape index (κ1) is 20.0. The van der Waals surface area contributed by atoms with E-state index in [0.717, 1.165) is 35.9 Å². The molecular weight excluding hydrogens is 308 g/mol.